The first kappa shape index (κ1) is 17.2. The number of amides is 2. The summed E-state index contributed by atoms with van der Waals surface area (Å²) in [7, 11) is 1.43. The number of nitrogens with zero attached hydrogens (tertiary/aromatic N) is 3. The number of rotatable bonds is 3. The first-order chi connectivity index (χ1) is 10.8. The van der Waals surface area contributed by atoms with Gasteiger partial charge in [0.2, 0.25) is 5.91 Å². The molecule has 0 spiro atoms. The van der Waals surface area contributed by atoms with E-state index in [4.69, 9.17) is 0 Å². The molecule has 1 aromatic rings. The SMILES string of the molecule is CN(CC(=O)N1CCNCC1)C(=O)c1ccc(C(F)(F)F)nc1. The highest BCUT2D eigenvalue weighted by Crippen LogP contribution is 2.27. The molecule has 1 N–H and O–H groups in total. The summed E-state index contributed by atoms with van der Waals surface area (Å²) in [5.41, 5.74) is -1.05. The molecule has 0 aromatic carbocycles. The number of nitrogens with one attached hydrogen (secondary N) is 1. The number of hydrogen-bond donors (Lipinski definition) is 1. The number of aromatic nitrogens is 1. The maximum atomic E-state index is 12.4. The number of pyridine rings is 1. The van der Waals surface area contributed by atoms with Gasteiger partial charge in [-0.2, -0.15) is 13.2 Å². The topological polar surface area (TPSA) is 65.5 Å². The van der Waals surface area contributed by atoms with Crippen molar-refractivity contribution in [2.24, 2.45) is 0 Å². The summed E-state index contributed by atoms with van der Waals surface area (Å²) in [5.74, 6) is -0.739. The molecule has 0 unspecified atom stereocenters. The fourth-order valence-corrected chi connectivity index (χ4v) is 2.20. The summed E-state index contributed by atoms with van der Waals surface area (Å²) in [6, 6.07) is 1.81. The van der Waals surface area contributed by atoms with Gasteiger partial charge in [0.1, 0.15) is 5.69 Å². The molecular weight excluding hydrogens is 313 g/mol. The van der Waals surface area contributed by atoms with Crippen LogP contribution in [0.2, 0.25) is 0 Å². The molecule has 2 rings (SSSR count). The quantitative estimate of drug-likeness (QED) is 0.882. The number of carbonyl (C=O) groups is 2. The van der Waals surface area contributed by atoms with Crippen LogP contribution in [0.3, 0.4) is 0 Å². The van der Waals surface area contributed by atoms with Crippen LogP contribution in [0.4, 0.5) is 13.2 Å². The molecule has 9 heteroatoms. The second kappa shape index (κ2) is 6.95. The minimum Gasteiger partial charge on any atom is -0.339 e. The lowest BCUT2D eigenvalue weighted by molar-refractivity contribution is -0.141. The molecule has 0 bridgehead atoms. The minimum atomic E-state index is -4.55. The van der Waals surface area contributed by atoms with Gasteiger partial charge >= 0.3 is 6.18 Å². The molecule has 126 valence electrons. The van der Waals surface area contributed by atoms with Gasteiger partial charge in [-0.05, 0) is 12.1 Å². The van der Waals surface area contributed by atoms with E-state index in [0.717, 1.165) is 18.3 Å². The Balaban J connectivity index is 1.97. The van der Waals surface area contributed by atoms with Crippen LogP contribution in [-0.2, 0) is 11.0 Å². The largest absolute Gasteiger partial charge is 0.433 e. The molecule has 1 fully saturated rings. The van der Waals surface area contributed by atoms with Crippen LogP contribution in [0.1, 0.15) is 16.1 Å². The van der Waals surface area contributed by atoms with E-state index in [9.17, 15) is 22.8 Å². The summed E-state index contributed by atoms with van der Waals surface area (Å²) in [4.78, 5) is 30.3. The normalized spacial score (nSPS) is 15.4. The second-order valence-corrected chi connectivity index (χ2v) is 5.22. The van der Waals surface area contributed by atoms with Gasteiger partial charge in [0.25, 0.3) is 5.91 Å². The van der Waals surface area contributed by atoms with Crippen molar-refractivity contribution in [3.63, 3.8) is 0 Å². The second-order valence-electron chi connectivity index (χ2n) is 5.22. The van der Waals surface area contributed by atoms with Crippen molar-refractivity contribution in [1.82, 2.24) is 20.1 Å². The fourth-order valence-electron chi connectivity index (χ4n) is 2.20. The van der Waals surface area contributed by atoms with E-state index in [1.165, 1.54) is 11.9 Å². The van der Waals surface area contributed by atoms with E-state index in [2.05, 4.69) is 10.3 Å². The van der Waals surface area contributed by atoms with Crippen LogP contribution < -0.4 is 5.32 Å². The zero-order valence-electron chi connectivity index (χ0n) is 12.6. The molecule has 1 aromatic heterocycles. The number of hydrogen-bond acceptors (Lipinski definition) is 4. The van der Waals surface area contributed by atoms with Gasteiger partial charge in [0.15, 0.2) is 0 Å². The zero-order chi connectivity index (χ0) is 17.0. The van der Waals surface area contributed by atoms with Gasteiger partial charge in [0, 0.05) is 39.4 Å². The summed E-state index contributed by atoms with van der Waals surface area (Å²) in [5, 5.41) is 3.11. The summed E-state index contributed by atoms with van der Waals surface area (Å²) < 4.78 is 37.3. The van der Waals surface area contributed by atoms with Crippen LogP contribution in [-0.4, -0.2) is 66.4 Å². The standard InChI is InChI=1S/C14H17F3N4O2/c1-20(9-12(22)21-6-4-18-5-7-21)13(23)10-2-3-11(19-8-10)14(15,16)17/h2-3,8,18H,4-7,9H2,1H3. The molecule has 6 nitrogen and oxygen atoms in total. The third-order valence-electron chi connectivity index (χ3n) is 3.49. The molecule has 23 heavy (non-hydrogen) atoms. The number of piperazine rings is 1. The van der Waals surface area contributed by atoms with Crippen molar-refractivity contribution >= 4 is 11.8 Å². The Morgan fingerprint density at radius 1 is 1.30 bits per heavy atom. The molecule has 1 aliphatic rings. The van der Waals surface area contributed by atoms with Crippen LogP contribution in [0.25, 0.3) is 0 Å². The zero-order valence-corrected chi connectivity index (χ0v) is 12.6. The average molecular weight is 330 g/mol. The van der Waals surface area contributed by atoms with Gasteiger partial charge in [-0.15, -0.1) is 0 Å². The van der Waals surface area contributed by atoms with Gasteiger partial charge in [-0.25, -0.2) is 0 Å². The minimum absolute atomic E-state index is 0.00797. The highest BCUT2D eigenvalue weighted by Gasteiger charge is 2.32. The van der Waals surface area contributed by atoms with Crippen LogP contribution in [0, 0.1) is 0 Å². The highest BCUT2D eigenvalue weighted by atomic mass is 19.4. The predicted molar refractivity (Wildman–Crippen MR) is 75.6 cm³/mol. The predicted octanol–water partition coefficient (Wildman–Crippen LogP) is 0.604. The maximum absolute atomic E-state index is 12.4. The number of halogens is 3. The van der Waals surface area contributed by atoms with E-state index in [-0.39, 0.29) is 18.0 Å². The Morgan fingerprint density at radius 3 is 2.48 bits per heavy atom. The third kappa shape index (κ3) is 4.41. The number of alkyl halides is 3. The summed E-state index contributed by atoms with van der Waals surface area (Å²) in [6.07, 6.45) is -3.68. The highest BCUT2D eigenvalue weighted by molar-refractivity contribution is 5.96. The fraction of sp³-hybridized carbons (Fsp3) is 0.500. The van der Waals surface area contributed by atoms with Crippen molar-refractivity contribution in [3.05, 3.63) is 29.6 Å². The van der Waals surface area contributed by atoms with Crippen LogP contribution in [0.5, 0.6) is 0 Å². The van der Waals surface area contributed by atoms with Crippen LogP contribution >= 0.6 is 0 Å². The number of likely N-dealkylation sites (N-methyl/N-ethyl adjacent to an activating group) is 1. The Kier molecular flexibility index (Phi) is 5.19. The molecule has 0 aliphatic carbocycles. The van der Waals surface area contributed by atoms with Crippen molar-refractivity contribution in [2.45, 2.75) is 6.18 Å². The summed E-state index contributed by atoms with van der Waals surface area (Å²) >= 11 is 0. The Bertz CT molecular complexity index is 568. The molecule has 1 aliphatic heterocycles. The molecule has 0 saturated carbocycles. The van der Waals surface area contributed by atoms with Gasteiger partial charge in [-0.1, -0.05) is 0 Å². The van der Waals surface area contributed by atoms with E-state index in [1.54, 1.807) is 4.90 Å². The molecule has 1 saturated heterocycles. The van der Waals surface area contributed by atoms with Crippen molar-refractivity contribution in [2.75, 3.05) is 39.8 Å². The first-order valence-corrected chi connectivity index (χ1v) is 7.06. The van der Waals surface area contributed by atoms with Crippen molar-refractivity contribution in [3.8, 4) is 0 Å². The average Bonchev–Trinajstić information content (AvgIpc) is 2.54. The monoisotopic (exact) mass is 330 g/mol. The lowest BCUT2D eigenvalue weighted by atomic mass is 10.2. The van der Waals surface area contributed by atoms with Crippen molar-refractivity contribution in [1.29, 1.82) is 0 Å². The Hall–Kier alpha value is -2.16. The van der Waals surface area contributed by atoms with Crippen LogP contribution in [0.15, 0.2) is 18.3 Å². The van der Waals surface area contributed by atoms with E-state index in [1.807, 2.05) is 0 Å². The van der Waals surface area contributed by atoms with Gasteiger partial charge in [-0.3, -0.25) is 14.6 Å². The molecule has 0 radical (unpaired) electrons. The summed E-state index contributed by atoms with van der Waals surface area (Å²) in [6.45, 7) is 2.42. The molecule has 2 amide bonds. The molecule has 2 heterocycles. The lowest BCUT2D eigenvalue weighted by Gasteiger charge is -2.29. The molecular formula is C14H17F3N4O2. The van der Waals surface area contributed by atoms with E-state index in [0.29, 0.717) is 26.2 Å². The lowest BCUT2D eigenvalue weighted by Crippen LogP contribution is -2.49. The van der Waals surface area contributed by atoms with E-state index < -0.39 is 17.8 Å². The van der Waals surface area contributed by atoms with Gasteiger partial charge < -0.3 is 15.1 Å². The van der Waals surface area contributed by atoms with E-state index >= 15 is 0 Å². The van der Waals surface area contributed by atoms with Gasteiger partial charge in [0.05, 0.1) is 12.1 Å². The smallest absolute Gasteiger partial charge is 0.339 e. The maximum Gasteiger partial charge on any atom is 0.433 e. The Morgan fingerprint density at radius 2 is 1.96 bits per heavy atom. The first-order valence-electron chi connectivity index (χ1n) is 7.06. The third-order valence-corrected chi connectivity index (χ3v) is 3.49. The Labute approximate surface area is 131 Å². The number of carbonyl (C=O) groups excluding carboxylic acids is 2. The van der Waals surface area contributed by atoms with Crippen molar-refractivity contribution < 1.29 is 22.8 Å². The molecule has 0 atom stereocenters.